The number of aromatic nitrogens is 3. The average Bonchev–Trinajstić information content (AvgIpc) is 3.84. The Morgan fingerprint density at radius 1 is 0.290 bits per heavy atom. The van der Waals surface area contributed by atoms with Crippen molar-refractivity contribution in [2.75, 3.05) is 0 Å². The highest BCUT2D eigenvalue weighted by atomic mass is 16.3. The fourth-order valence-electron chi connectivity index (χ4n) is 10.3. The molecule has 288 valence electrons. The van der Waals surface area contributed by atoms with E-state index in [1.54, 1.807) is 0 Å². The van der Waals surface area contributed by atoms with Crippen molar-refractivity contribution in [2.45, 2.75) is 5.41 Å². The molecule has 0 saturated heterocycles. The first-order chi connectivity index (χ1) is 30.7. The van der Waals surface area contributed by atoms with E-state index in [0.29, 0.717) is 17.5 Å². The second-order valence-corrected chi connectivity index (χ2v) is 16.2. The third-order valence-electron chi connectivity index (χ3n) is 13.0. The summed E-state index contributed by atoms with van der Waals surface area (Å²) >= 11 is 0. The van der Waals surface area contributed by atoms with Gasteiger partial charge in [0.05, 0.1) is 5.41 Å². The van der Waals surface area contributed by atoms with Gasteiger partial charge in [0.25, 0.3) is 0 Å². The molecule has 2 aliphatic carbocycles. The van der Waals surface area contributed by atoms with Gasteiger partial charge < -0.3 is 4.42 Å². The van der Waals surface area contributed by atoms with Crippen LogP contribution in [0.1, 0.15) is 22.3 Å². The lowest BCUT2D eigenvalue weighted by Gasteiger charge is -2.35. The van der Waals surface area contributed by atoms with Gasteiger partial charge in [0.1, 0.15) is 11.2 Å². The fraction of sp³-hybridized carbons (Fsp3) is 0.0172. The highest BCUT2D eigenvalue weighted by Crippen LogP contribution is 2.61. The molecule has 0 bridgehead atoms. The van der Waals surface area contributed by atoms with Crippen LogP contribution in [0.3, 0.4) is 0 Å². The van der Waals surface area contributed by atoms with Crippen molar-refractivity contribution < 1.29 is 4.42 Å². The maximum atomic E-state index is 6.36. The van der Waals surface area contributed by atoms with Crippen LogP contribution in [-0.4, -0.2) is 15.0 Å². The van der Waals surface area contributed by atoms with Crippen molar-refractivity contribution in [1.29, 1.82) is 0 Å². The SMILES string of the molecule is c1ccc(-c2ccc(-c3nc(-c4ccc5c(c4)C4(c6ccccc6-c6ccccc6-c6ccccc64)c4ccccc4-5)nc(-c4cccc5oc6ccccc6c45)n3)cc2)cc1. The normalized spacial score (nSPS) is 13.0. The van der Waals surface area contributed by atoms with E-state index >= 15 is 0 Å². The van der Waals surface area contributed by atoms with E-state index in [4.69, 9.17) is 19.4 Å². The van der Waals surface area contributed by atoms with E-state index in [0.717, 1.165) is 49.8 Å². The third-order valence-corrected chi connectivity index (χ3v) is 13.0. The van der Waals surface area contributed by atoms with E-state index in [1.165, 1.54) is 55.6 Å². The molecule has 0 N–H and O–H groups in total. The van der Waals surface area contributed by atoms with Gasteiger partial charge in [-0.2, -0.15) is 0 Å². The monoisotopic (exact) mass is 789 g/mol. The molecule has 0 fully saturated rings. The number of hydrogen-bond acceptors (Lipinski definition) is 4. The fourth-order valence-corrected chi connectivity index (χ4v) is 10.3. The smallest absolute Gasteiger partial charge is 0.164 e. The summed E-state index contributed by atoms with van der Waals surface area (Å²) in [6, 6.07) is 75.9. The van der Waals surface area contributed by atoms with Crippen molar-refractivity contribution in [2.24, 2.45) is 0 Å². The highest BCUT2D eigenvalue weighted by Gasteiger charge is 2.49. The van der Waals surface area contributed by atoms with Crippen LogP contribution in [0.4, 0.5) is 0 Å². The van der Waals surface area contributed by atoms with Gasteiger partial charge in [0.15, 0.2) is 17.5 Å². The molecule has 2 aliphatic rings. The third kappa shape index (κ3) is 4.98. The molecule has 4 nitrogen and oxygen atoms in total. The Bertz CT molecular complexity index is 3520. The summed E-state index contributed by atoms with van der Waals surface area (Å²) in [5, 5.41) is 2.01. The predicted molar refractivity (Wildman–Crippen MR) is 251 cm³/mol. The van der Waals surface area contributed by atoms with E-state index in [2.05, 4.69) is 176 Å². The van der Waals surface area contributed by atoms with Crippen molar-refractivity contribution >= 4 is 21.9 Å². The Morgan fingerprint density at radius 3 is 1.42 bits per heavy atom. The number of furan rings is 1. The van der Waals surface area contributed by atoms with Crippen LogP contribution >= 0.6 is 0 Å². The molecule has 2 heterocycles. The van der Waals surface area contributed by atoms with Gasteiger partial charge in [0.2, 0.25) is 0 Å². The number of fused-ring (bicyclic) bond motifs is 15. The van der Waals surface area contributed by atoms with Crippen LogP contribution in [0.25, 0.3) is 101 Å². The van der Waals surface area contributed by atoms with Crippen molar-refractivity contribution in [3.63, 3.8) is 0 Å². The molecule has 11 aromatic rings. The quantitative estimate of drug-likeness (QED) is 0.178. The summed E-state index contributed by atoms with van der Waals surface area (Å²) in [6.07, 6.45) is 0. The largest absolute Gasteiger partial charge is 0.456 e. The van der Waals surface area contributed by atoms with Gasteiger partial charge in [-0.05, 0) is 85.0 Å². The second kappa shape index (κ2) is 13.4. The lowest BCUT2D eigenvalue weighted by atomic mass is 9.66. The second-order valence-electron chi connectivity index (χ2n) is 16.2. The summed E-state index contributed by atoms with van der Waals surface area (Å²) < 4.78 is 6.36. The first-order valence-electron chi connectivity index (χ1n) is 21.1. The zero-order valence-corrected chi connectivity index (χ0v) is 33.5. The molecule has 62 heavy (non-hydrogen) atoms. The Balaban J connectivity index is 1.08. The Labute approximate surface area is 358 Å². The molecule has 0 unspecified atom stereocenters. The topological polar surface area (TPSA) is 51.8 Å². The predicted octanol–water partition coefficient (Wildman–Crippen LogP) is 14.4. The highest BCUT2D eigenvalue weighted by molar-refractivity contribution is 6.11. The minimum Gasteiger partial charge on any atom is -0.456 e. The van der Waals surface area contributed by atoms with E-state index in [9.17, 15) is 0 Å². The number of rotatable bonds is 4. The summed E-state index contributed by atoms with van der Waals surface area (Å²) in [5.74, 6) is 1.80. The van der Waals surface area contributed by atoms with Crippen molar-refractivity contribution in [3.8, 4) is 78.7 Å². The number of hydrogen-bond donors (Lipinski definition) is 0. The maximum absolute atomic E-state index is 6.36. The van der Waals surface area contributed by atoms with Crippen LogP contribution in [0.5, 0.6) is 0 Å². The van der Waals surface area contributed by atoms with Gasteiger partial charge in [0, 0.05) is 27.5 Å². The average molecular weight is 790 g/mol. The minimum absolute atomic E-state index is 0.591. The Morgan fingerprint density at radius 2 is 0.742 bits per heavy atom. The molecule has 0 saturated carbocycles. The van der Waals surface area contributed by atoms with Gasteiger partial charge in [-0.3, -0.25) is 0 Å². The Kier molecular flexibility index (Phi) is 7.49. The lowest BCUT2D eigenvalue weighted by Crippen LogP contribution is -2.29. The van der Waals surface area contributed by atoms with Crippen LogP contribution < -0.4 is 0 Å². The van der Waals surface area contributed by atoms with E-state index < -0.39 is 5.41 Å². The van der Waals surface area contributed by atoms with Crippen molar-refractivity contribution in [1.82, 2.24) is 15.0 Å². The van der Waals surface area contributed by atoms with Crippen LogP contribution in [0.2, 0.25) is 0 Å². The molecule has 0 atom stereocenters. The van der Waals surface area contributed by atoms with Gasteiger partial charge in [-0.1, -0.05) is 194 Å². The van der Waals surface area contributed by atoms with Gasteiger partial charge >= 0.3 is 0 Å². The first-order valence-corrected chi connectivity index (χ1v) is 21.1. The molecule has 2 aromatic heterocycles. The van der Waals surface area contributed by atoms with Crippen LogP contribution in [0.15, 0.2) is 217 Å². The summed E-state index contributed by atoms with van der Waals surface area (Å²) in [6.45, 7) is 0. The van der Waals surface area contributed by atoms with Crippen LogP contribution in [0, 0.1) is 0 Å². The number of nitrogens with zero attached hydrogens (tertiary/aromatic N) is 3. The zero-order chi connectivity index (χ0) is 40.8. The molecule has 0 radical (unpaired) electrons. The molecule has 9 aromatic carbocycles. The van der Waals surface area contributed by atoms with Crippen molar-refractivity contribution in [3.05, 3.63) is 235 Å². The van der Waals surface area contributed by atoms with Crippen LogP contribution in [-0.2, 0) is 5.41 Å². The molecule has 0 aliphatic heterocycles. The van der Waals surface area contributed by atoms with Gasteiger partial charge in [-0.25, -0.2) is 15.0 Å². The number of para-hydroxylation sites is 1. The summed E-state index contributed by atoms with van der Waals surface area (Å²) in [7, 11) is 0. The molecular weight excluding hydrogens is 755 g/mol. The minimum atomic E-state index is -0.624. The lowest BCUT2D eigenvalue weighted by molar-refractivity contribution is 0.669. The standard InChI is InChI=1S/C58H35N3O/c1-2-15-36(16-3-1)37-29-31-38(32-30-37)55-59-56(61-57(60-55)47-23-14-28-53-54(47)46-22-9-13-27-52(46)62-53)39-33-34-45-44-21-8-12-26-50(44)58(51(45)35-39)48-24-10-6-19-42(48)40-17-4-5-18-41(40)43-20-7-11-25-49(43)58/h1-35H. The maximum Gasteiger partial charge on any atom is 0.164 e. The first kappa shape index (κ1) is 34.6. The molecule has 1 spiro atoms. The molecular formula is C58H35N3O. The summed E-state index contributed by atoms with van der Waals surface area (Å²) in [4.78, 5) is 16.0. The zero-order valence-electron chi connectivity index (χ0n) is 33.5. The molecule has 13 rings (SSSR count). The molecule has 4 heteroatoms. The van der Waals surface area contributed by atoms with E-state index in [1.807, 2.05) is 36.4 Å². The molecule has 0 amide bonds. The number of benzene rings is 9. The van der Waals surface area contributed by atoms with E-state index in [-0.39, 0.29) is 0 Å². The van der Waals surface area contributed by atoms with Gasteiger partial charge in [-0.15, -0.1) is 0 Å². The summed E-state index contributed by atoms with van der Waals surface area (Å²) in [5.41, 5.74) is 18.4. The Hall–Kier alpha value is -8.21.